The Kier molecular flexibility index (Phi) is 3.05. The van der Waals surface area contributed by atoms with Crippen molar-refractivity contribution in [3.63, 3.8) is 0 Å². The molecule has 0 unspecified atom stereocenters. The van der Waals surface area contributed by atoms with Gasteiger partial charge in [0.15, 0.2) is 0 Å². The monoisotopic (exact) mass is 244 g/mol. The highest BCUT2D eigenvalue weighted by Crippen LogP contribution is 2.20. The van der Waals surface area contributed by atoms with Crippen LogP contribution in [0.15, 0.2) is 18.3 Å². The van der Waals surface area contributed by atoms with Crippen molar-refractivity contribution >= 4 is 11.7 Å². The van der Waals surface area contributed by atoms with E-state index in [9.17, 15) is 4.79 Å². The third-order valence-corrected chi connectivity index (χ3v) is 2.12. The topological polar surface area (TPSA) is 117 Å². The van der Waals surface area contributed by atoms with Gasteiger partial charge in [-0.2, -0.15) is 9.97 Å². The van der Waals surface area contributed by atoms with Crippen molar-refractivity contribution in [3.8, 4) is 17.3 Å². The Bertz CT molecular complexity index is 600. The Balaban J connectivity index is 2.51. The molecule has 91 valence electrons. The van der Waals surface area contributed by atoms with Crippen LogP contribution < -0.4 is 16.2 Å². The van der Waals surface area contributed by atoms with Crippen LogP contribution >= 0.6 is 0 Å². The number of nitrogens with two attached hydrogens (primary N) is 2. The maximum atomic E-state index is 11.0. The Morgan fingerprint density at radius 2 is 2.22 bits per heavy atom. The molecule has 7 nitrogen and oxygen atoms in total. The van der Waals surface area contributed by atoms with Crippen LogP contribution in [0, 0.1) is 6.07 Å². The first-order chi connectivity index (χ1) is 8.60. The van der Waals surface area contributed by atoms with Gasteiger partial charge in [-0.1, -0.05) is 0 Å². The molecule has 0 aromatic carbocycles. The molecule has 2 rings (SSSR count). The van der Waals surface area contributed by atoms with E-state index in [1.54, 1.807) is 12.1 Å². The maximum absolute atomic E-state index is 11.0. The molecule has 2 aromatic rings. The van der Waals surface area contributed by atoms with Gasteiger partial charge in [-0.25, -0.2) is 0 Å². The number of hydrogen-bond acceptors (Lipinski definition) is 6. The SMILES string of the molecule is COc1nc(N)cc(-c2[c]c(C(N)=O)ncc2)n1. The van der Waals surface area contributed by atoms with Crippen molar-refractivity contribution < 1.29 is 9.53 Å². The quantitative estimate of drug-likeness (QED) is 0.786. The van der Waals surface area contributed by atoms with Gasteiger partial charge >= 0.3 is 6.01 Å². The molecular formula is C11H10N5O2. The molecule has 1 radical (unpaired) electrons. The van der Waals surface area contributed by atoms with E-state index in [2.05, 4.69) is 21.0 Å². The van der Waals surface area contributed by atoms with Crippen molar-refractivity contribution in [1.29, 1.82) is 0 Å². The molecule has 2 heterocycles. The number of nitrogens with zero attached hydrogens (tertiary/aromatic N) is 3. The number of aromatic nitrogens is 3. The summed E-state index contributed by atoms with van der Waals surface area (Å²) in [6.07, 6.45) is 1.44. The van der Waals surface area contributed by atoms with E-state index in [0.29, 0.717) is 11.3 Å². The summed E-state index contributed by atoms with van der Waals surface area (Å²) >= 11 is 0. The molecule has 4 N–H and O–H groups in total. The summed E-state index contributed by atoms with van der Waals surface area (Å²) in [5.74, 6) is -0.409. The number of ether oxygens (including phenoxy) is 1. The number of amides is 1. The number of pyridine rings is 1. The van der Waals surface area contributed by atoms with Crippen molar-refractivity contribution in [2.75, 3.05) is 12.8 Å². The lowest BCUT2D eigenvalue weighted by Crippen LogP contribution is -2.13. The summed E-state index contributed by atoms with van der Waals surface area (Å²) < 4.78 is 4.91. The zero-order valence-corrected chi connectivity index (χ0v) is 9.54. The van der Waals surface area contributed by atoms with Crippen molar-refractivity contribution in [2.45, 2.75) is 0 Å². The molecule has 0 saturated carbocycles. The summed E-state index contributed by atoms with van der Waals surface area (Å²) in [6, 6.07) is 6.06. The minimum atomic E-state index is -0.661. The molecule has 0 fully saturated rings. The Labute approximate surface area is 103 Å². The van der Waals surface area contributed by atoms with Crippen LogP contribution in [0.25, 0.3) is 11.3 Å². The normalized spacial score (nSPS) is 10.1. The number of primary amides is 1. The van der Waals surface area contributed by atoms with Crippen LogP contribution in [0.5, 0.6) is 6.01 Å². The third kappa shape index (κ3) is 2.34. The first-order valence-corrected chi connectivity index (χ1v) is 4.97. The fourth-order valence-electron chi connectivity index (χ4n) is 1.33. The second-order valence-electron chi connectivity index (χ2n) is 3.36. The standard InChI is InChI=1S/C11H10N5O2/c1-18-11-15-7(5-9(12)16-11)6-2-3-14-8(4-6)10(13)17/h2-3,5H,1H3,(H2,13,17)(H2,12,15,16). The molecule has 0 aliphatic carbocycles. The lowest BCUT2D eigenvalue weighted by atomic mass is 10.1. The molecule has 0 saturated heterocycles. The summed E-state index contributed by atoms with van der Waals surface area (Å²) in [5, 5.41) is 0. The molecule has 0 spiro atoms. The van der Waals surface area contributed by atoms with Gasteiger partial charge in [0.1, 0.15) is 11.5 Å². The van der Waals surface area contributed by atoms with Gasteiger partial charge in [0.2, 0.25) is 0 Å². The number of carbonyl (C=O) groups excluding carboxylic acids is 1. The van der Waals surface area contributed by atoms with Gasteiger partial charge in [-0.15, -0.1) is 0 Å². The molecule has 0 bridgehead atoms. The van der Waals surface area contributed by atoms with Crippen molar-refractivity contribution in [3.05, 3.63) is 30.1 Å². The number of anilines is 1. The number of rotatable bonds is 3. The van der Waals surface area contributed by atoms with Crippen LogP contribution in [0.4, 0.5) is 5.82 Å². The molecule has 0 aliphatic heterocycles. The smallest absolute Gasteiger partial charge is 0.318 e. The summed E-state index contributed by atoms with van der Waals surface area (Å²) in [6.45, 7) is 0. The third-order valence-electron chi connectivity index (χ3n) is 2.12. The highest BCUT2D eigenvalue weighted by atomic mass is 16.5. The Hall–Kier alpha value is -2.70. The van der Waals surface area contributed by atoms with Gasteiger partial charge in [-0.3, -0.25) is 9.78 Å². The summed E-state index contributed by atoms with van der Waals surface area (Å²) in [7, 11) is 1.43. The highest BCUT2D eigenvalue weighted by molar-refractivity contribution is 5.91. The minimum absolute atomic E-state index is 0.0312. The lowest BCUT2D eigenvalue weighted by Gasteiger charge is -2.04. The highest BCUT2D eigenvalue weighted by Gasteiger charge is 2.09. The molecule has 2 aromatic heterocycles. The largest absolute Gasteiger partial charge is 0.467 e. The van der Waals surface area contributed by atoms with Crippen LogP contribution in [-0.4, -0.2) is 28.0 Å². The molecule has 18 heavy (non-hydrogen) atoms. The molecule has 1 amide bonds. The van der Waals surface area contributed by atoms with E-state index in [1.165, 1.54) is 13.3 Å². The van der Waals surface area contributed by atoms with Gasteiger partial charge < -0.3 is 16.2 Å². The van der Waals surface area contributed by atoms with E-state index in [-0.39, 0.29) is 17.5 Å². The molecule has 0 aliphatic rings. The van der Waals surface area contributed by atoms with Crippen LogP contribution in [0.1, 0.15) is 10.5 Å². The fourth-order valence-corrected chi connectivity index (χ4v) is 1.33. The van der Waals surface area contributed by atoms with E-state index < -0.39 is 5.91 Å². The lowest BCUT2D eigenvalue weighted by molar-refractivity contribution is 0.0995. The van der Waals surface area contributed by atoms with Gasteiger partial charge in [0, 0.05) is 23.9 Å². The molecule has 0 atom stereocenters. The summed E-state index contributed by atoms with van der Waals surface area (Å²) in [5.41, 5.74) is 11.8. The van der Waals surface area contributed by atoms with Crippen LogP contribution in [0.3, 0.4) is 0 Å². The second-order valence-corrected chi connectivity index (χ2v) is 3.36. The van der Waals surface area contributed by atoms with Crippen LogP contribution in [-0.2, 0) is 0 Å². The van der Waals surface area contributed by atoms with E-state index in [0.717, 1.165) is 0 Å². The first kappa shape index (κ1) is 11.8. The zero-order valence-electron chi connectivity index (χ0n) is 9.54. The Morgan fingerprint density at radius 1 is 1.44 bits per heavy atom. The number of carbonyl (C=O) groups is 1. The fraction of sp³-hybridized carbons (Fsp3) is 0.0909. The van der Waals surface area contributed by atoms with E-state index >= 15 is 0 Å². The first-order valence-electron chi connectivity index (χ1n) is 4.97. The van der Waals surface area contributed by atoms with Crippen molar-refractivity contribution in [1.82, 2.24) is 15.0 Å². The zero-order chi connectivity index (χ0) is 13.1. The van der Waals surface area contributed by atoms with Gasteiger partial charge in [-0.05, 0) is 6.07 Å². The van der Waals surface area contributed by atoms with Crippen molar-refractivity contribution in [2.24, 2.45) is 5.73 Å². The molecular weight excluding hydrogens is 234 g/mol. The average Bonchev–Trinajstić information content (AvgIpc) is 2.38. The number of hydrogen-bond donors (Lipinski definition) is 2. The predicted octanol–water partition coefficient (Wildman–Crippen LogP) is 0.0285. The van der Waals surface area contributed by atoms with E-state index in [4.69, 9.17) is 16.2 Å². The number of methoxy groups -OCH3 is 1. The predicted molar refractivity (Wildman–Crippen MR) is 63.6 cm³/mol. The number of nitrogen functional groups attached to an aromatic ring is 1. The second kappa shape index (κ2) is 4.66. The Morgan fingerprint density at radius 3 is 2.89 bits per heavy atom. The average molecular weight is 244 g/mol. The van der Waals surface area contributed by atoms with Crippen LogP contribution in [0.2, 0.25) is 0 Å². The van der Waals surface area contributed by atoms with Gasteiger partial charge in [0.05, 0.1) is 12.8 Å². The molecule has 7 heteroatoms. The van der Waals surface area contributed by atoms with E-state index in [1.807, 2.05) is 0 Å². The minimum Gasteiger partial charge on any atom is -0.467 e. The maximum Gasteiger partial charge on any atom is 0.318 e. The summed E-state index contributed by atoms with van der Waals surface area (Å²) in [4.78, 5) is 22.8. The van der Waals surface area contributed by atoms with Gasteiger partial charge in [0.25, 0.3) is 5.91 Å².